The number of halogens is 4. The van der Waals surface area contributed by atoms with Crippen LogP contribution in [-0.4, -0.2) is 24.4 Å². The van der Waals surface area contributed by atoms with Crippen LogP contribution in [0.5, 0.6) is 5.75 Å². The second-order valence-electron chi connectivity index (χ2n) is 3.03. The van der Waals surface area contributed by atoms with E-state index in [4.69, 9.17) is 0 Å². The number of hydrogen-bond donors (Lipinski definition) is 1. The molecule has 0 radical (unpaired) electrons. The Bertz CT molecular complexity index is 508. The van der Waals surface area contributed by atoms with Crippen LogP contribution in [0.3, 0.4) is 0 Å². The van der Waals surface area contributed by atoms with Gasteiger partial charge in [-0.1, -0.05) is 0 Å². The van der Waals surface area contributed by atoms with E-state index in [0.717, 1.165) is 7.11 Å². The first-order valence-corrected chi connectivity index (χ1v) is 4.44. The Morgan fingerprint density at radius 1 is 1.44 bits per heavy atom. The molecule has 0 spiro atoms. The lowest BCUT2D eigenvalue weighted by atomic mass is 10.2. The van der Waals surface area contributed by atoms with E-state index in [9.17, 15) is 27.2 Å². The lowest BCUT2D eigenvalue weighted by Gasteiger charge is -2.11. The fraction of sp³-hybridized carbons (Fsp3) is 0.333. The second kappa shape index (κ2) is 5.07. The molecule has 0 aromatic carbocycles. The van der Waals surface area contributed by atoms with E-state index < -0.39 is 41.6 Å². The molecule has 0 saturated heterocycles. The Morgan fingerprint density at radius 3 is 2.50 bits per heavy atom. The Morgan fingerprint density at radius 2 is 2.06 bits per heavy atom. The zero-order valence-electron chi connectivity index (χ0n) is 8.93. The highest BCUT2D eigenvalue weighted by Gasteiger charge is 2.34. The number of alkyl halides is 4. The minimum atomic E-state index is -5.14. The highest BCUT2D eigenvalue weighted by Crippen LogP contribution is 2.23. The van der Waals surface area contributed by atoms with Gasteiger partial charge in [-0.3, -0.25) is 4.79 Å². The van der Waals surface area contributed by atoms with Gasteiger partial charge in [0.1, 0.15) is 12.4 Å². The van der Waals surface area contributed by atoms with Gasteiger partial charge in [0.25, 0.3) is 0 Å². The Balaban J connectivity index is 3.29. The van der Waals surface area contributed by atoms with Crippen molar-refractivity contribution in [3.8, 4) is 5.75 Å². The summed E-state index contributed by atoms with van der Waals surface area (Å²) in [6, 6.07) is 0.534. The van der Waals surface area contributed by atoms with Crippen LogP contribution in [0, 0.1) is 0 Å². The molecule has 18 heavy (non-hydrogen) atoms. The number of nitrogens with one attached hydrogen (secondary N) is 1. The first-order valence-electron chi connectivity index (χ1n) is 4.44. The third kappa shape index (κ3) is 3.22. The fourth-order valence-corrected chi connectivity index (χ4v) is 1.14. The molecule has 100 valence electrons. The van der Waals surface area contributed by atoms with Gasteiger partial charge in [0.2, 0.25) is 5.43 Å². The van der Waals surface area contributed by atoms with Gasteiger partial charge in [-0.05, 0) is 0 Å². The van der Waals surface area contributed by atoms with Gasteiger partial charge in [-0.25, -0.2) is 9.18 Å². The number of aromatic nitrogens is 1. The number of hydrogen-bond acceptors (Lipinski definition) is 4. The van der Waals surface area contributed by atoms with Crippen molar-refractivity contribution in [3.05, 3.63) is 27.7 Å². The van der Waals surface area contributed by atoms with E-state index in [2.05, 4.69) is 9.47 Å². The van der Waals surface area contributed by atoms with Gasteiger partial charge >= 0.3 is 12.3 Å². The van der Waals surface area contributed by atoms with E-state index in [1.807, 2.05) is 4.98 Å². The van der Waals surface area contributed by atoms with Gasteiger partial charge in [-0.15, -0.1) is 13.2 Å². The predicted molar refractivity (Wildman–Crippen MR) is 49.9 cm³/mol. The quantitative estimate of drug-likeness (QED) is 0.667. The summed E-state index contributed by atoms with van der Waals surface area (Å²) in [6.45, 7) is -1.44. The van der Waals surface area contributed by atoms with Crippen LogP contribution in [-0.2, 0) is 11.4 Å². The van der Waals surface area contributed by atoms with E-state index >= 15 is 0 Å². The lowest BCUT2D eigenvalue weighted by Crippen LogP contribution is -2.24. The van der Waals surface area contributed by atoms with Gasteiger partial charge in [0, 0.05) is 6.07 Å². The zero-order valence-corrected chi connectivity index (χ0v) is 8.93. The number of pyridine rings is 1. The number of carbonyl (C=O) groups is 1. The van der Waals surface area contributed by atoms with Gasteiger partial charge < -0.3 is 14.5 Å². The van der Waals surface area contributed by atoms with E-state index in [1.165, 1.54) is 0 Å². The summed E-state index contributed by atoms with van der Waals surface area (Å²) < 4.78 is 56.1. The number of rotatable bonds is 3. The molecule has 0 aliphatic carbocycles. The third-order valence-electron chi connectivity index (χ3n) is 1.82. The maximum absolute atomic E-state index is 12.5. The van der Waals surface area contributed by atoms with Crippen molar-refractivity contribution in [2.75, 3.05) is 7.11 Å². The molecule has 0 bridgehead atoms. The van der Waals surface area contributed by atoms with Crippen LogP contribution >= 0.6 is 0 Å². The first kappa shape index (κ1) is 14.0. The number of ether oxygens (including phenoxy) is 2. The summed E-state index contributed by atoms with van der Waals surface area (Å²) in [5, 5.41) is 0. The van der Waals surface area contributed by atoms with Gasteiger partial charge in [-0.2, -0.15) is 0 Å². The summed E-state index contributed by atoms with van der Waals surface area (Å²) in [6.07, 6.45) is -5.14. The molecule has 1 rings (SSSR count). The first-order chi connectivity index (χ1) is 8.28. The van der Waals surface area contributed by atoms with Crippen LogP contribution < -0.4 is 10.2 Å². The average Bonchev–Trinajstić information content (AvgIpc) is 2.28. The molecule has 5 nitrogen and oxygen atoms in total. The van der Waals surface area contributed by atoms with E-state index in [1.54, 1.807) is 0 Å². The van der Waals surface area contributed by atoms with Crippen molar-refractivity contribution in [3.63, 3.8) is 0 Å². The smallest absolute Gasteiger partial charge is 0.464 e. The summed E-state index contributed by atoms with van der Waals surface area (Å²) in [4.78, 5) is 24.4. The average molecular weight is 269 g/mol. The molecule has 1 aromatic heterocycles. The summed E-state index contributed by atoms with van der Waals surface area (Å²) in [7, 11) is 0.996. The standard InChI is InChI=1S/C9H7F4NO4/c1-17-8(16)4-2-6(15)7(5(3-10)14-4)18-9(11,12)13/h2H,3H2,1H3,(H,14,15). The Hall–Kier alpha value is -2.06. The molecule has 1 heterocycles. The summed E-state index contributed by atoms with van der Waals surface area (Å²) >= 11 is 0. The van der Waals surface area contributed by atoms with Crippen molar-refractivity contribution in [2.24, 2.45) is 0 Å². The molecular formula is C9H7F4NO4. The van der Waals surface area contributed by atoms with E-state index in [-0.39, 0.29) is 0 Å². The minimum Gasteiger partial charge on any atom is -0.464 e. The van der Waals surface area contributed by atoms with Crippen LogP contribution in [0.1, 0.15) is 16.2 Å². The van der Waals surface area contributed by atoms with Crippen molar-refractivity contribution in [1.82, 2.24) is 4.98 Å². The molecule has 0 amide bonds. The Labute approximate surface area is 97.3 Å². The maximum atomic E-state index is 12.5. The SMILES string of the molecule is COC(=O)c1cc(=O)c(OC(F)(F)F)c(CF)[nH]1. The molecule has 0 aliphatic heterocycles. The highest BCUT2D eigenvalue weighted by atomic mass is 19.4. The van der Waals surface area contributed by atoms with Crippen molar-refractivity contribution < 1.29 is 31.8 Å². The minimum absolute atomic E-state index is 0.468. The van der Waals surface area contributed by atoms with Crippen molar-refractivity contribution in [1.29, 1.82) is 0 Å². The highest BCUT2D eigenvalue weighted by molar-refractivity contribution is 5.87. The molecule has 0 saturated carbocycles. The molecule has 0 unspecified atom stereocenters. The fourth-order valence-electron chi connectivity index (χ4n) is 1.14. The van der Waals surface area contributed by atoms with Crippen molar-refractivity contribution >= 4 is 5.97 Å². The van der Waals surface area contributed by atoms with Crippen LogP contribution in [0.2, 0.25) is 0 Å². The number of carbonyl (C=O) groups excluding carboxylic acids is 1. The molecule has 0 fully saturated rings. The summed E-state index contributed by atoms with van der Waals surface area (Å²) in [5.74, 6) is -2.25. The van der Waals surface area contributed by atoms with Crippen LogP contribution in [0.4, 0.5) is 17.6 Å². The third-order valence-corrected chi connectivity index (χ3v) is 1.82. The normalized spacial score (nSPS) is 11.2. The molecular weight excluding hydrogens is 262 g/mol. The van der Waals surface area contributed by atoms with Crippen LogP contribution in [0.15, 0.2) is 10.9 Å². The molecule has 0 atom stereocenters. The largest absolute Gasteiger partial charge is 0.573 e. The zero-order chi connectivity index (χ0) is 13.9. The lowest BCUT2D eigenvalue weighted by molar-refractivity contribution is -0.275. The monoisotopic (exact) mass is 269 g/mol. The van der Waals surface area contributed by atoms with E-state index in [0.29, 0.717) is 6.07 Å². The number of methoxy groups -OCH3 is 1. The number of H-pyrrole nitrogens is 1. The molecule has 9 heteroatoms. The predicted octanol–water partition coefficient (Wildman–Crippen LogP) is 1.53. The van der Waals surface area contributed by atoms with Crippen LogP contribution in [0.25, 0.3) is 0 Å². The second-order valence-corrected chi connectivity index (χ2v) is 3.03. The number of esters is 1. The summed E-state index contributed by atoms with van der Waals surface area (Å²) in [5.41, 5.74) is -2.54. The maximum Gasteiger partial charge on any atom is 0.573 e. The molecule has 1 N–H and O–H groups in total. The Kier molecular flexibility index (Phi) is 3.94. The molecule has 0 aliphatic rings. The van der Waals surface area contributed by atoms with Gasteiger partial charge in [0.05, 0.1) is 12.8 Å². The van der Waals surface area contributed by atoms with Crippen molar-refractivity contribution in [2.45, 2.75) is 13.0 Å². The van der Waals surface area contributed by atoms with Gasteiger partial charge in [0.15, 0.2) is 5.75 Å². The number of aromatic amines is 1. The molecule has 1 aromatic rings. The topological polar surface area (TPSA) is 68.4 Å².